The third-order valence-corrected chi connectivity index (χ3v) is 3.27. The summed E-state index contributed by atoms with van der Waals surface area (Å²) in [5, 5.41) is 0. The summed E-state index contributed by atoms with van der Waals surface area (Å²) >= 11 is 3.34. The summed E-state index contributed by atoms with van der Waals surface area (Å²) in [6.45, 7) is 0.410. The van der Waals surface area contributed by atoms with Crippen LogP contribution in [0, 0.1) is 0 Å². The van der Waals surface area contributed by atoms with Gasteiger partial charge in [-0.1, -0.05) is 15.9 Å². The Morgan fingerprint density at radius 3 is 2.61 bits per heavy atom. The van der Waals surface area contributed by atoms with Gasteiger partial charge in [0.15, 0.2) is 0 Å². The van der Waals surface area contributed by atoms with Crippen LogP contribution in [0.1, 0.15) is 23.3 Å². The highest BCUT2D eigenvalue weighted by atomic mass is 79.9. The zero-order valence-electron chi connectivity index (χ0n) is 12.2. The molecule has 0 aliphatic carbocycles. The van der Waals surface area contributed by atoms with Gasteiger partial charge in [0.05, 0.1) is 12.8 Å². The van der Waals surface area contributed by atoms with Crippen LogP contribution in [0.25, 0.3) is 0 Å². The molecular weight excluding hydrogens is 364 g/mol. The summed E-state index contributed by atoms with van der Waals surface area (Å²) in [7, 11) is 0. The van der Waals surface area contributed by atoms with Crippen molar-refractivity contribution in [2.45, 2.75) is 12.8 Å². The van der Waals surface area contributed by atoms with Crippen LogP contribution in [0.15, 0.2) is 47.3 Å². The first kappa shape index (κ1) is 16.9. The van der Waals surface area contributed by atoms with E-state index in [1.165, 1.54) is 18.6 Å². The number of hydrogen-bond acceptors (Lipinski definition) is 5. The van der Waals surface area contributed by atoms with Crippen molar-refractivity contribution in [1.82, 2.24) is 20.8 Å². The Kier molecular flexibility index (Phi) is 6.49. The highest BCUT2D eigenvalue weighted by Crippen LogP contribution is 2.16. The van der Waals surface area contributed by atoms with Gasteiger partial charge in [-0.05, 0) is 30.7 Å². The average Bonchev–Trinajstić information content (AvgIpc) is 2.59. The van der Waals surface area contributed by atoms with Gasteiger partial charge in [-0.3, -0.25) is 25.4 Å². The molecule has 2 rings (SSSR count). The van der Waals surface area contributed by atoms with Crippen molar-refractivity contribution in [2.24, 2.45) is 0 Å². The van der Waals surface area contributed by atoms with Crippen molar-refractivity contribution >= 4 is 27.7 Å². The molecule has 8 heteroatoms. The SMILES string of the molecule is O=C(CCCOc1ccc(Br)cc1)NNC(=O)c1cnccn1. The minimum atomic E-state index is -0.516. The van der Waals surface area contributed by atoms with E-state index in [2.05, 4.69) is 36.7 Å². The lowest BCUT2D eigenvalue weighted by atomic mass is 10.3. The summed E-state index contributed by atoms with van der Waals surface area (Å²) in [6, 6.07) is 7.44. The number of rotatable bonds is 6. The van der Waals surface area contributed by atoms with Gasteiger partial charge in [0.1, 0.15) is 11.4 Å². The largest absolute Gasteiger partial charge is 0.494 e. The topological polar surface area (TPSA) is 93.2 Å². The molecule has 0 aliphatic heterocycles. The van der Waals surface area contributed by atoms with Crippen LogP contribution in [-0.2, 0) is 4.79 Å². The molecule has 1 heterocycles. The molecular formula is C15H15BrN4O3. The molecule has 0 saturated carbocycles. The lowest BCUT2D eigenvalue weighted by Gasteiger charge is -2.08. The van der Waals surface area contributed by atoms with Gasteiger partial charge in [-0.25, -0.2) is 4.98 Å². The van der Waals surface area contributed by atoms with Gasteiger partial charge in [0, 0.05) is 23.3 Å². The molecule has 1 aromatic heterocycles. The molecule has 0 saturated heterocycles. The molecule has 0 atom stereocenters. The standard InChI is InChI=1S/C15H15BrN4O3/c16-11-3-5-12(6-4-11)23-9-1-2-14(21)19-20-15(22)13-10-17-7-8-18-13/h3-8,10H,1-2,9H2,(H,19,21)(H,20,22). The van der Waals surface area contributed by atoms with Gasteiger partial charge < -0.3 is 4.74 Å². The highest BCUT2D eigenvalue weighted by molar-refractivity contribution is 9.10. The fourth-order valence-corrected chi connectivity index (χ4v) is 1.89. The molecule has 0 radical (unpaired) electrons. The van der Waals surface area contributed by atoms with Crippen molar-refractivity contribution in [1.29, 1.82) is 0 Å². The number of nitrogens with one attached hydrogen (secondary N) is 2. The van der Waals surface area contributed by atoms with Gasteiger partial charge >= 0.3 is 0 Å². The molecule has 2 amide bonds. The van der Waals surface area contributed by atoms with E-state index in [4.69, 9.17) is 4.74 Å². The molecule has 0 spiro atoms. The number of halogens is 1. The van der Waals surface area contributed by atoms with E-state index in [0.29, 0.717) is 13.0 Å². The van der Waals surface area contributed by atoms with E-state index >= 15 is 0 Å². The Morgan fingerprint density at radius 1 is 1.13 bits per heavy atom. The Bertz CT molecular complexity index is 650. The first-order chi connectivity index (χ1) is 11.1. The molecule has 120 valence electrons. The third kappa shape index (κ3) is 6.03. The van der Waals surface area contributed by atoms with E-state index in [1.54, 1.807) is 0 Å². The number of hydrogen-bond donors (Lipinski definition) is 2. The summed E-state index contributed by atoms with van der Waals surface area (Å²) in [6.07, 6.45) is 4.94. The highest BCUT2D eigenvalue weighted by Gasteiger charge is 2.08. The number of amides is 2. The molecule has 2 aromatic rings. The van der Waals surface area contributed by atoms with Crippen LogP contribution in [-0.4, -0.2) is 28.4 Å². The van der Waals surface area contributed by atoms with Crippen LogP contribution in [0.2, 0.25) is 0 Å². The van der Waals surface area contributed by atoms with E-state index in [-0.39, 0.29) is 18.0 Å². The second kappa shape index (κ2) is 8.84. The smallest absolute Gasteiger partial charge is 0.289 e. The molecule has 0 unspecified atom stereocenters. The first-order valence-corrected chi connectivity index (χ1v) is 7.68. The molecule has 7 nitrogen and oxygen atoms in total. The minimum Gasteiger partial charge on any atom is -0.494 e. The van der Waals surface area contributed by atoms with Crippen molar-refractivity contribution in [3.8, 4) is 5.75 Å². The quantitative estimate of drug-likeness (QED) is 0.590. The van der Waals surface area contributed by atoms with Gasteiger partial charge in [0.2, 0.25) is 5.91 Å². The summed E-state index contributed by atoms with van der Waals surface area (Å²) < 4.78 is 6.47. The number of hydrazine groups is 1. The maximum atomic E-state index is 11.6. The van der Waals surface area contributed by atoms with E-state index in [0.717, 1.165) is 10.2 Å². The van der Waals surface area contributed by atoms with Crippen molar-refractivity contribution in [2.75, 3.05) is 6.61 Å². The minimum absolute atomic E-state index is 0.131. The summed E-state index contributed by atoms with van der Waals surface area (Å²) in [5.41, 5.74) is 4.73. The van der Waals surface area contributed by atoms with E-state index in [1.807, 2.05) is 24.3 Å². The number of carbonyl (C=O) groups is 2. The number of ether oxygens (including phenoxy) is 1. The zero-order chi connectivity index (χ0) is 16.5. The zero-order valence-corrected chi connectivity index (χ0v) is 13.7. The van der Waals surface area contributed by atoms with E-state index in [9.17, 15) is 9.59 Å². The lowest BCUT2D eigenvalue weighted by Crippen LogP contribution is -2.42. The van der Waals surface area contributed by atoms with Gasteiger partial charge in [-0.2, -0.15) is 0 Å². The lowest BCUT2D eigenvalue weighted by molar-refractivity contribution is -0.122. The van der Waals surface area contributed by atoms with Crippen molar-refractivity contribution < 1.29 is 14.3 Å². The Labute approximate surface area is 141 Å². The molecule has 0 aliphatic rings. The second-order valence-corrected chi connectivity index (χ2v) is 5.41. The van der Waals surface area contributed by atoms with Crippen molar-refractivity contribution in [3.63, 3.8) is 0 Å². The monoisotopic (exact) mass is 378 g/mol. The summed E-state index contributed by atoms with van der Waals surface area (Å²) in [5.74, 6) is -0.0798. The van der Waals surface area contributed by atoms with Crippen LogP contribution >= 0.6 is 15.9 Å². The van der Waals surface area contributed by atoms with Crippen LogP contribution < -0.4 is 15.6 Å². The maximum Gasteiger partial charge on any atom is 0.289 e. The predicted octanol–water partition coefficient (Wildman–Crippen LogP) is 1.86. The maximum absolute atomic E-state index is 11.6. The van der Waals surface area contributed by atoms with Crippen molar-refractivity contribution in [3.05, 3.63) is 53.0 Å². The normalized spacial score (nSPS) is 9.96. The Hall–Kier alpha value is -2.48. The number of benzene rings is 1. The Morgan fingerprint density at radius 2 is 1.91 bits per heavy atom. The molecule has 0 fully saturated rings. The molecule has 23 heavy (non-hydrogen) atoms. The van der Waals surface area contributed by atoms with Crippen LogP contribution in [0.5, 0.6) is 5.75 Å². The molecule has 0 bridgehead atoms. The second-order valence-electron chi connectivity index (χ2n) is 4.50. The number of nitrogens with zero attached hydrogens (tertiary/aromatic N) is 2. The fraction of sp³-hybridized carbons (Fsp3) is 0.200. The van der Waals surface area contributed by atoms with Crippen LogP contribution in [0.3, 0.4) is 0 Å². The predicted molar refractivity (Wildman–Crippen MR) is 86.5 cm³/mol. The summed E-state index contributed by atoms with van der Waals surface area (Å²) in [4.78, 5) is 30.8. The first-order valence-electron chi connectivity index (χ1n) is 6.89. The third-order valence-electron chi connectivity index (χ3n) is 2.74. The van der Waals surface area contributed by atoms with Gasteiger partial charge in [-0.15, -0.1) is 0 Å². The van der Waals surface area contributed by atoms with Gasteiger partial charge in [0.25, 0.3) is 5.91 Å². The molecule has 1 aromatic carbocycles. The van der Waals surface area contributed by atoms with E-state index < -0.39 is 5.91 Å². The Balaban J connectivity index is 1.62. The average molecular weight is 379 g/mol. The fourth-order valence-electron chi connectivity index (χ4n) is 1.62. The molecule has 2 N–H and O–H groups in total. The number of aromatic nitrogens is 2. The number of carbonyl (C=O) groups excluding carboxylic acids is 2. The van der Waals surface area contributed by atoms with Crippen LogP contribution in [0.4, 0.5) is 0 Å².